The molecule has 2 aliphatic heterocycles. The third-order valence-corrected chi connectivity index (χ3v) is 5.75. The monoisotopic (exact) mass is 365 g/mol. The van der Waals surface area contributed by atoms with E-state index >= 15 is 0 Å². The highest BCUT2D eigenvalue weighted by Gasteiger charge is 2.41. The maximum absolute atomic E-state index is 13.7. The summed E-state index contributed by atoms with van der Waals surface area (Å²) in [5.41, 5.74) is 9.38. The number of rotatable bonds is 1. The molecule has 138 valence electrons. The Morgan fingerprint density at radius 1 is 1.22 bits per heavy atom. The molecular formula is C21H20FN3O2. The van der Waals surface area contributed by atoms with E-state index in [1.807, 2.05) is 18.2 Å². The average molecular weight is 365 g/mol. The van der Waals surface area contributed by atoms with Crippen LogP contribution in [-0.4, -0.2) is 29.5 Å². The highest BCUT2D eigenvalue weighted by molar-refractivity contribution is 6.01. The zero-order valence-electron chi connectivity index (χ0n) is 14.8. The Kier molecular flexibility index (Phi) is 3.67. The number of halogens is 1. The number of nitrogens with zero attached hydrogens (tertiary/aromatic N) is 1. The van der Waals surface area contributed by atoms with E-state index in [2.05, 4.69) is 10.3 Å². The molecule has 1 spiro atoms. The number of fused-ring (bicyclic) bond motifs is 2. The Bertz CT molecular complexity index is 979. The number of aromatic nitrogens is 1. The van der Waals surface area contributed by atoms with Gasteiger partial charge in [0.05, 0.1) is 29.9 Å². The molecule has 0 radical (unpaired) electrons. The van der Waals surface area contributed by atoms with Gasteiger partial charge in [-0.1, -0.05) is 12.1 Å². The van der Waals surface area contributed by atoms with Crippen molar-refractivity contribution < 1.29 is 13.9 Å². The zero-order valence-corrected chi connectivity index (χ0v) is 14.8. The lowest BCUT2D eigenvalue weighted by molar-refractivity contribution is 0.0187. The van der Waals surface area contributed by atoms with E-state index in [1.165, 1.54) is 12.3 Å². The summed E-state index contributed by atoms with van der Waals surface area (Å²) in [7, 11) is 0. The number of ether oxygens (including phenoxy) is 1. The summed E-state index contributed by atoms with van der Waals surface area (Å²) >= 11 is 0. The van der Waals surface area contributed by atoms with Gasteiger partial charge in [-0.05, 0) is 42.4 Å². The van der Waals surface area contributed by atoms with Gasteiger partial charge >= 0.3 is 0 Å². The molecule has 0 unspecified atom stereocenters. The lowest BCUT2D eigenvalue weighted by Crippen LogP contribution is -2.49. The van der Waals surface area contributed by atoms with Crippen molar-refractivity contribution in [2.75, 3.05) is 13.1 Å². The van der Waals surface area contributed by atoms with Crippen LogP contribution in [0.3, 0.4) is 0 Å². The molecule has 0 bridgehead atoms. The number of ketones is 1. The Morgan fingerprint density at radius 3 is 2.85 bits per heavy atom. The number of carbonyl (C=O) groups is 1. The number of nitrogens with one attached hydrogen (secondary N) is 1. The van der Waals surface area contributed by atoms with Gasteiger partial charge in [-0.2, -0.15) is 0 Å². The van der Waals surface area contributed by atoms with E-state index < -0.39 is 11.4 Å². The second-order valence-corrected chi connectivity index (χ2v) is 7.54. The van der Waals surface area contributed by atoms with Crippen LogP contribution in [0, 0.1) is 5.82 Å². The number of pyridine rings is 1. The van der Waals surface area contributed by atoms with E-state index in [-0.39, 0.29) is 11.8 Å². The van der Waals surface area contributed by atoms with Crippen molar-refractivity contribution in [1.82, 2.24) is 10.3 Å². The standard InChI is InChI=1S/C21H20FN3O2/c22-13-8-16-15(9-17(23)20(16)25-11-13)12-1-2-14-18(26)10-21(27-19(14)7-12)3-5-24-6-4-21/h1-2,7-9,11,17,24H,3-6,10,23H2/t17-/m0/s1. The van der Waals surface area contributed by atoms with Gasteiger partial charge in [0, 0.05) is 18.4 Å². The van der Waals surface area contributed by atoms with Crippen molar-refractivity contribution in [2.24, 2.45) is 5.73 Å². The van der Waals surface area contributed by atoms with Crippen LogP contribution in [0.2, 0.25) is 0 Å². The molecule has 0 amide bonds. The van der Waals surface area contributed by atoms with Crippen LogP contribution in [-0.2, 0) is 0 Å². The van der Waals surface area contributed by atoms with E-state index in [0.29, 0.717) is 29.0 Å². The lowest BCUT2D eigenvalue weighted by atomic mass is 9.82. The first-order valence-corrected chi connectivity index (χ1v) is 9.25. The van der Waals surface area contributed by atoms with E-state index in [0.717, 1.165) is 37.1 Å². The minimum absolute atomic E-state index is 0.120. The van der Waals surface area contributed by atoms with Crippen molar-refractivity contribution in [2.45, 2.75) is 30.9 Å². The lowest BCUT2D eigenvalue weighted by Gasteiger charge is -2.41. The fraction of sp³-hybridized carbons (Fsp3) is 0.333. The van der Waals surface area contributed by atoms with Crippen LogP contribution in [0.5, 0.6) is 5.75 Å². The first kappa shape index (κ1) is 16.6. The molecule has 6 heteroatoms. The van der Waals surface area contributed by atoms with E-state index in [4.69, 9.17) is 10.5 Å². The molecule has 2 aromatic rings. The van der Waals surface area contributed by atoms with Gasteiger partial charge in [0.2, 0.25) is 0 Å². The van der Waals surface area contributed by atoms with Gasteiger partial charge in [-0.3, -0.25) is 9.78 Å². The summed E-state index contributed by atoms with van der Waals surface area (Å²) in [5, 5.41) is 3.32. The Morgan fingerprint density at radius 2 is 2.04 bits per heavy atom. The first-order valence-electron chi connectivity index (χ1n) is 9.25. The number of hydrogen-bond acceptors (Lipinski definition) is 5. The molecule has 1 aromatic carbocycles. The highest BCUT2D eigenvalue weighted by atomic mass is 19.1. The predicted octanol–water partition coefficient (Wildman–Crippen LogP) is 2.75. The summed E-state index contributed by atoms with van der Waals surface area (Å²) in [6, 6.07) is 6.65. The number of nitrogens with two attached hydrogens (primary N) is 1. The molecule has 1 atom stereocenters. The summed E-state index contributed by atoms with van der Waals surface area (Å²) in [6.07, 6.45) is 5.11. The molecule has 1 aromatic heterocycles. The largest absolute Gasteiger partial charge is 0.486 e. The van der Waals surface area contributed by atoms with E-state index in [1.54, 1.807) is 6.07 Å². The summed E-state index contributed by atoms with van der Waals surface area (Å²) in [5.74, 6) is 0.333. The third kappa shape index (κ3) is 2.67. The zero-order chi connectivity index (χ0) is 18.6. The summed E-state index contributed by atoms with van der Waals surface area (Å²) in [6.45, 7) is 1.70. The molecule has 3 heterocycles. The average Bonchev–Trinajstić information content (AvgIpc) is 2.97. The Labute approximate surface area is 156 Å². The van der Waals surface area contributed by atoms with Crippen LogP contribution in [0.4, 0.5) is 4.39 Å². The molecule has 1 aliphatic carbocycles. The summed E-state index contributed by atoms with van der Waals surface area (Å²) in [4.78, 5) is 16.8. The van der Waals surface area contributed by atoms with Gasteiger partial charge in [0.15, 0.2) is 5.78 Å². The van der Waals surface area contributed by atoms with Gasteiger partial charge in [-0.25, -0.2) is 4.39 Å². The first-order chi connectivity index (χ1) is 13.0. The Balaban J connectivity index is 1.56. The van der Waals surface area contributed by atoms with Crippen LogP contribution < -0.4 is 15.8 Å². The van der Waals surface area contributed by atoms with Gasteiger partial charge in [0.1, 0.15) is 17.2 Å². The number of benzene rings is 1. The van der Waals surface area contributed by atoms with Crippen LogP contribution >= 0.6 is 0 Å². The van der Waals surface area contributed by atoms with Crippen molar-refractivity contribution in [3.63, 3.8) is 0 Å². The topological polar surface area (TPSA) is 77.2 Å². The second kappa shape index (κ2) is 5.97. The maximum Gasteiger partial charge on any atom is 0.170 e. The molecule has 3 N–H and O–H groups in total. The predicted molar refractivity (Wildman–Crippen MR) is 99.1 cm³/mol. The van der Waals surface area contributed by atoms with Crippen LogP contribution in [0.15, 0.2) is 36.5 Å². The molecular weight excluding hydrogens is 345 g/mol. The normalized spacial score (nSPS) is 22.8. The second-order valence-electron chi connectivity index (χ2n) is 7.54. The van der Waals surface area contributed by atoms with Gasteiger partial charge in [-0.15, -0.1) is 0 Å². The van der Waals surface area contributed by atoms with Crippen LogP contribution in [0.1, 0.15) is 52.5 Å². The minimum Gasteiger partial charge on any atom is -0.486 e. The van der Waals surface area contributed by atoms with Crippen molar-refractivity contribution in [3.05, 3.63) is 64.7 Å². The number of hydrogen-bond donors (Lipinski definition) is 2. The van der Waals surface area contributed by atoms with E-state index in [9.17, 15) is 9.18 Å². The molecule has 3 aliphatic rings. The fourth-order valence-electron chi connectivity index (χ4n) is 4.35. The molecule has 5 rings (SSSR count). The fourth-order valence-corrected chi connectivity index (χ4v) is 4.35. The SMILES string of the molecule is N[C@H]1C=C(c2ccc3c(c2)OC2(CCNCC2)CC3=O)c2cc(F)cnc21. The minimum atomic E-state index is -0.417. The molecule has 1 fully saturated rings. The molecule has 5 nitrogen and oxygen atoms in total. The molecule has 0 saturated carbocycles. The Hall–Kier alpha value is -2.57. The summed E-state index contributed by atoms with van der Waals surface area (Å²) < 4.78 is 20.1. The highest BCUT2D eigenvalue weighted by Crippen LogP contribution is 2.42. The molecule has 1 saturated heterocycles. The van der Waals surface area contributed by atoms with Crippen molar-refractivity contribution in [1.29, 1.82) is 0 Å². The van der Waals surface area contributed by atoms with Crippen molar-refractivity contribution >= 4 is 11.4 Å². The molecule has 27 heavy (non-hydrogen) atoms. The number of carbonyl (C=O) groups excluding carboxylic acids is 1. The smallest absolute Gasteiger partial charge is 0.170 e. The van der Waals surface area contributed by atoms with Crippen LogP contribution in [0.25, 0.3) is 5.57 Å². The van der Waals surface area contributed by atoms with Crippen molar-refractivity contribution in [3.8, 4) is 5.75 Å². The number of piperidine rings is 1. The third-order valence-electron chi connectivity index (χ3n) is 5.75. The maximum atomic E-state index is 13.7. The van der Waals surface area contributed by atoms with Gasteiger partial charge < -0.3 is 15.8 Å². The number of Topliss-reactive ketones (excluding diaryl/α,β-unsaturated/α-hetero) is 1. The quantitative estimate of drug-likeness (QED) is 0.813. The van der Waals surface area contributed by atoms with Gasteiger partial charge in [0.25, 0.3) is 0 Å².